The van der Waals surface area contributed by atoms with Gasteiger partial charge in [-0.3, -0.25) is 14.9 Å². The van der Waals surface area contributed by atoms with Gasteiger partial charge in [0.25, 0.3) is 11.8 Å². The zero-order chi connectivity index (χ0) is 22.5. The Balaban J connectivity index is 1.44. The van der Waals surface area contributed by atoms with Crippen LogP contribution >= 0.6 is 11.6 Å². The van der Waals surface area contributed by atoms with Gasteiger partial charge >= 0.3 is 6.01 Å². The second-order valence-electron chi connectivity index (χ2n) is 6.64. The van der Waals surface area contributed by atoms with E-state index in [1.54, 1.807) is 79.9 Å². The molecule has 0 atom stereocenters. The number of rotatable bonds is 6. The molecule has 0 aliphatic carbocycles. The van der Waals surface area contributed by atoms with Crippen LogP contribution < -0.4 is 15.4 Å². The zero-order valence-electron chi connectivity index (χ0n) is 16.8. The fourth-order valence-electron chi connectivity index (χ4n) is 2.86. The van der Waals surface area contributed by atoms with Gasteiger partial charge in [-0.15, -0.1) is 5.10 Å². The minimum atomic E-state index is -0.464. The van der Waals surface area contributed by atoms with Crippen LogP contribution in [0.2, 0.25) is 5.02 Å². The Kier molecular flexibility index (Phi) is 6.14. The van der Waals surface area contributed by atoms with Crippen molar-refractivity contribution in [3.8, 4) is 17.2 Å². The molecule has 1 heterocycles. The standard InChI is InChI=1S/C23H17ClN4O4/c1-31-19-10-8-14(9-11-19)22-27-28-23(32-22)26-21(30)16-5-3-7-18(13-16)25-20(29)15-4-2-6-17(24)12-15/h2-13H,1H3,(H,25,29)(H,26,28,30). The fourth-order valence-corrected chi connectivity index (χ4v) is 3.05. The van der Waals surface area contributed by atoms with Crippen LogP contribution in [0, 0.1) is 0 Å². The molecule has 2 N–H and O–H groups in total. The Morgan fingerprint density at radius 2 is 1.56 bits per heavy atom. The summed E-state index contributed by atoms with van der Waals surface area (Å²) in [6, 6.07) is 20.1. The minimum absolute atomic E-state index is 0.0471. The SMILES string of the molecule is COc1ccc(-c2nnc(NC(=O)c3cccc(NC(=O)c4cccc(Cl)c4)c3)o2)cc1. The summed E-state index contributed by atoms with van der Waals surface area (Å²) in [5.74, 6) is 0.148. The molecule has 0 bridgehead atoms. The van der Waals surface area contributed by atoms with Crippen LogP contribution in [0.1, 0.15) is 20.7 Å². The first-order valence-electron chi connectivity index (χ1n) is 9.48. The zero-order valence-corrected chi connectivity index (χ0v) is 17.6. The second-order valence-corrected chi connectivity index (χ2v) is 7.08. The molecule has 0 radical (unpaired) electrons. The Morgan fingerprint density at radius 1 is 0.875 bits per heavy atom. The highest BCUT2D eigenvalue weighted by Crippen LogP contribution is 2.23. The number of anilines is 2. The van der Waals surface area contributed by atoms with Gasteiger partial charge < -0.3 is 14.5 Å². The van der Waals surface area contributed by atoms with Gasteiger partial charge in [-0.2, -0.15) is 0 Å². The Bertz CT molecular complexity index is 1270. The molecule has 2 amide bonds. The first-order chi connectivity index (χ1) is 15.5. The smallest absolute Gasteiger partial charge is 0.322 e. The van der Waals surface area contributed by atoms with Gasteiger partial charge in [-0.05, 0) is 60.7 Å². The van der Waals surface area contributed by atoms with Crippen LogP contribution in [0.4, 0.5) is 11.7 Å². The van der Waals surface area contributed by atoms with Gasteiger partial charge in [0.2, 0.25) is 5.89 Å². The Morgan fingerprint density at radius 3 is 2.28 bits per heavy atom. The Hall–Kier alpha value is -4.17. The highest BCUT2D eigenvalue weighted by Gasteiger charge is 2.14. The lowest BCUT2D eigenvalue weighted by Gasteiger charge is -2.07. The van der Waals surface area contributed by atoms with Crippen LogP contribution in [0.25, 0.3) is 11.5 Å². The number of halogens is 1. The molecule has 4 rings (SSSR count). The molecule has 160 valence electrons. The number of aromatic nitrogens is 2. The van der Waals surface area contributed by atoms with Crippen molar-refractivity contribution in [1.29, 1.82) is 0 Å². The molecule has 0 saturated heterocycles. The maximum atomic E-state index is 12.6. The first kappa shape index (κ1) is 21.1. The predicted molar refractivity (Wildman–Crippen MR) is 120 cm³/mol. The van der Waals surface area contributed by atoms with Crippen molar-refractivity contribution >= 4 is 35.1 Å². The van der Waals surface area contributed by atoms with Crippen molar-refractivity contribution in [2.24, 2.45) is 0 Å². The third-order valence-electron chi connectivity index (χ3n) is 4.45. The topological polar surface area (TPSA) is 106 Å². The highest BCUT2D eigenvalue weighted by atomic mass is 35.5. The minimum Gasteiger partial charge on any atom is -0.497 e. The number of nitrogens with zero attached hydrogens (tertiary/aromatic N) is 2. The quantitative estimate of drug-likeness (QED) is 0.434. The molecular weight excluding hydrogens is 432 g/mol. The molecule has 1 aromatic heterocycles. The number of amides is 2. The molecule has 0 saturated carbocycles. The van der Waals surface area contributed by atoms with E-state index < -0.39 is 5.91 Å². The number of hydrogen-bond acceptors (Lipinski definition) is 6. The second kappa shape index (κ2) is 9.32. The summed E-state index contributed by atoms with van der Waals surface area (Å²) in [6.07, 6.45) is 0. The number of carbonyl (C=O) groups is 2. The van der Waals surface area contributed by atoms with E-state index in [9.17, 15) is 9.59 Å². The molecule has 8 nitrogen and oxygen atoms in total. The van der Waals surface area contributed by atoms with E-state index in [-0.39, 0.29) is 17.8 Å². The lowest BCUT2D eigenvalue weighted by molar-refractivity contribution is 0.101. The van der Waals surface area contributed by atoms with Crippen LogP contribution in [0.15, 0.2) is 77.2 Å². The summed E-state index contributed by atoms with van der Waals surface area (Å²) in [6.45, 7) is 0. The van der Waals surface area contributed by atoms with E-state index in [2.05, 4.69) is 20.8 Å². The molecule has 4 aromatic rings. The number of methoxy groups -OCH3 is 1. The summed E-state index contributed by atoms with van der Waals surface area (Å²) in [7, 11) is 1.58. The molecule has 0 aliphatic rings. The molecule has 0 spiro atoms. The molecule has 0 fully saturated rings. The van der Waals surface area contributed by atoms with Gasteiger partial charge in [0.15, 0.2) is 0 Å². The van der Waals surface area contributed by atoms with Crippen molar-refractivity contribution in [2.75, 3.05) is 17.7 Å². The molecule has 3 aromatic carbocycles. The summed E-state index contributed by atoms with van der Waals surface area (Å²) >= 11 is 5.93. The van der Waals surface area contributed by atoms with E-state index in [1.807, 2.05) is 0 Å². The fraction of sp³-hybridized carbons (Fsp3) is 0.0435. The normalized spacial score (nSPS) is 10.4. The van der Waals surface area contributed by atoms with E-state index in [0.29, 0.717) is 33.1 Å². The first-order valence-corrected chi connectivity index (χ1v) is 9.86. The summed E-state index contributed by atoms with van der Waals surface area (Å²) in [5, 5.41) is 13.6. The van der Waals surface area contributed by atoms with E-state index in [4.69, 9.17) is 20.8 Å². The van der Waals surface area contributed by atoms with Gasteiger partial charge in [0.05, 0.1) is 7.11 Å². The van der Waals surface area contributed by atoms with Crippen LogP contribution in [0.3, 0.4) is 0 Å². The maximum Gasteiger partial charge on any atom is 0.322 e. The van der Waals surface area contributed by atoms with Crippen LogP contribution in [-0.2, 0) is 0 Å². The number of carbonyl (C=O) groups excluding carboxylic acids is 2. The largest absolute Gasteiger partial charge is 0.497 e. The maximum absolute atomic E-state index is 12.6. The van der Waals surface area contributed by atoms with Crippen LogP contribution in [0.5, 0.6) is 5.75 Å². The predicted octanol–water partition coefficient (Wildman–Crippen LogP) is 4.90. The van der Waals surface area contributed by atoms with Gasteiger partial charge in [0, 0.05) is 27.4 Å². The van der Waals surface area contributed by atoms with E-state index >= 15 is 0 Å². The van der Waals surface area contributed by atoms with Crippen molar-refractivity contribution in [2.45, 2.75) is 0 Å². The van der Waals surface area contributed by atoms with Crippen molar-refractivity contribution in [3.05, 3.63) is 88.9 Å². The van der Waals surface area contributed by atoms with Gasteiger partial charge in [-0.1, -0.05) is 28.8 Å². The average molecular weight is 449 g/mol. The Labute approximate surface area is 188 Å². The number of ether oxygens (including phenoxy) is 1. The van der Waals surface area contributed by atoms with Crippen molar-refractivity contribution in [1.82, 2.24) is 10.2 Å². The number of nitrogens with one attached hydrogen (secondary N) is 2. The number of benzene rings is 3. The summed E-state index contributed by atoms with van der Waals surface area (Å²) < 4.78 is 10.6. The molecule has 0 unspecified atom stereocenters. The third kappa shape index (κ3) is 4.93. The van der Waals surface area contributed by atoms with Gasteiger partial charge in [-0.25, -0.2) is 0 Å². The highest BCUT2D eigenvalue weighted by molar-refractivity contribution is 6.31. The average Bonchev–Trinajstić information content (AvgIpc) is 3.27. The van der Waals surface area contributed by atoms with Crippen LogP contribution in [-0.4, -0.2) is 29.1 Å². The molecule has 9 heteroatoms. The lowest BCUT2D eigenvalue weighted by Crippen LogP contribution is -2.14. The number of hydrogen-bond donors (Lipinski definition) is 2. The van der Waals surface area contributed by atoms with E-state index in [0.717, 1.165) is 0 Å². The summed E-state index contributed by atoms with van der Waals surface area (Å²) in [5.41, 5.74) is 1.85. The molecule has 0 aliphatic heterocycles. The van der Waals surface area contributed by atoms with Gasteiger partial charge in [0.1, 0.15) is 5.75 Å². The monoisotopic (exact) mass is 448 g/mol. The lowest BCUT2D eigenvalue weighted by atomic mass is 10.1. The van der Waals surface area contributed by atoms with Crippen molar-refractivity contribution in [3.63, 3.8) is 0 Å². The third-order valence-corrected chi connectivity index (χ3v) is 4.69. The van der Waals surface area contributed by atoms with Crippen molar-refractivity contribution < 1.29 is 18.7 Å². The molecular formula is C23H17ClN4O4. The summed E-state index contributed by atoms with van der Waals surface area (Å²) in [4.78, 5) is 25.0. The van der Waals surface area contributed by atoms with E-state index in [1.165, 1.54) is 0 Å². The molecule has 32 heavy (non-hydrogen) atoms.